The maximum absolute atomic E-state index is 12.7. The molecule has 0 bridgehead atoms. The first kappa shape index (κ1) is 18.4. The lowest BCUT2D eigenvalue weighted by molar-refractivity contribution is 0.0277. The highest BCUT2D eigenvalue weighted by Crippen LogP contribution is 2.28. The van der Waals surface area contributed by atoms with Crippen molar-refractivity contribution in [2.24, 2.45) is 0 Å². The zero-order valence-electron chi connectivity index (χ0n) is 15.7. The highest BCUT2D eigenvalue weighted by atomic mass is 16.6. The van der Waals surface area contributed by atoms with E-state index in [0.717, 1.165) is 5.56 Å². The molecule has 1 aromatic heterocycles. The molecule has 4 rings (SSSR count). The van der Waals surface area contributed by atoms with Gasteiger partial charge in [-0.15, -0.1) is 10.2 Å². The van der Waals surface area contributed by atoms with Gasteiger partial charge in [-0.2, -0.15) is 0 Å². The van der Waals surface area contributed by atoms with Crippen molar-refractivity contribution in [3.63, 3.8) is 0 Å². The Morgan fingerprint density at radius 1 is 0.862 bits per heavy atom. The van der Waals surface area contributed by atoms with Gasteiger partial charge in [0.25, 0.3) is 5.89 Å². The van der Waals surface area contributed by atoms with Crippen molar-refractivity contribution in [3.05, 3.63) is 96.4 Å². The molecule has 4 aromatic rings. The minimum Gasteiger partial charge on any atom is -0.456 e. The van der Waals surface area contributed by atoms with Crippen molar-refractivity contribution in [1.29, 1.82) is 0 Å². The number of ether oxygens (including phenoxy) is 2. The van der Waals surface area contributed by atoms with Crippen LogP contribution in [-0.4, -0.2) is 16.2 Å². The third kappa shape index (κ3) is 4.32. The molecule has 0 spiro atoms. The molecule has 0 saturated heterocycles. The summed E-state index contributed by atoms with van der Waals surface area (Å²) in [6, 6.07) is 25.5. The van der Waals surface area contributed by atoms with Crippen LogP contribution in [0.3, 0.4) is 0 Å². The van der Waals surface area contributed by atoms with Crippen molar-refractivity contribution in [2.45, 2.75) is 13.0 Å². The second-order valence-electron chi connectivity index (χ2n) is 6.27. The quantitative estimate of drug-likeness (QED) is 0.410. The number of carbonyl (C=O) groups excluding carboxylic acids is 1. The van der Waals surface area contributed by atoms with Gasteiger partial charge < -0.3 is 13.9 Å². The number of esters is 1. The Hall–Kier alpha value is -3.93. The van der Waals surface area contributed by atoms with Gasteiger partial charge in [0.15, 0.2) is 6.10 Å². The van der Waals surface area contributed by atoms with Crippen LogP contribution in [0, 0.1) is 0 Å². The van der Waals surface area contributed by atoms with Crippen LogP contribution >= 0.6 is 0 Å². The number of hydrogen-bond donors (Lipinski definition) is 0. The first-order valence-corrected chi connectivity index (χ1v) is 9.12. The molecule has 0 N–H and O–H groups in total. The number of benzene rings is 3. The molecular formula is C23H18N2O4. The Kier molecular flexibility index (Phi) is 5.33. The second-order valence-corrected chi connectivity index (χ2v) is 6.27. The van der Waals surface area contributed by atoms with Gasteiger partial charge >= 0.3 is 5.97 Å². The molecule has 0 fully saturated rings. The molecule has 29 heavy (non-hydrogen) atoms. The maximum atomic E-state index is 12.7. The van der Waals surface area contributed by atoms with Crippen molar-refractivity contribution < 1.29 is 18.7 Å². The SMILES string of the molecule is C[C@@H](OC(=O)c1ccccc1Oc1ccccc1)c1nnc(-c2ccccc2)o1. The van der Waals surface area contributed by atoms with Crippen molar-refractivity contribution in [2.75, 3.05) is 0 Å². The first-order valence-electron chi connectivity index (χ1n) is 9.12. The molecule has 1 atom stereocenters. The summed E-state index contributed by atoms with van der Waals surface area (Å²) in [6.45, 7) is 1.68. The number of nitrogens with zero attached hydrogens (tertiary/aromatic N) is 2. The van der Waals surface area contributed by atoms with E-state index in [4.69, 9.17) is 13.9 Å². The maximum Gasteiger partial charge on any atom is 0.342 e. The molecule has 0 aliphatic rings. The van der Waals surface area contributed by atoms with Gasteiger partial charge in [-0.3, -0.25) is 0 Å². The van der Waals surface area contributed by atoms with Crippen LogP contribution in [0.25, 0.3) is 11.5 Å². The third-order valence-electron chi connectivity index (χ3n) is 4.17. The molecule has 0 aliphatic heterocycles. The van der Waals surface area contributed by atoms with Gasteiger partial charge in [0.2, 0.25) is 5.89 Å². The van der Waals surface area contributed by atoms with Gasteiger partial charge in [0.05, 0.1) is 0 Å². The number of para-hydroxylation sites is 2. The molecule has 144 valence electrons. The van der Waals surface area contributed by atoms with Gasteiger partial charge in [-0.25, -0.2) is 4.79 Å². The molecule has 6 heteroatoms. The zero-order chi connectivity index (χ0) is 20.1. The Balaban J connectivity index is 1.49. The monoisotopic (exact) mass is 386 g/mol. The summed E-state index contributed by atoms with van der Waals surface area (Å²) < 4.78 is 17.0. The lowest BCUT2D eigenvalue weighted by atomic mass is 10.2. The topological polar surface area (TPSA) is 74.5 Å². The van der Waals surface area contributed by atoms with Crippen LogP contribution < -0.4 is 4.74 Å². The van der Waals surface area contributed by atoms with E-state index in [0.29, 0.717) is 23.0 Å². The molecule has 0 aliphatic carbocycles. The average molecular weight is 386 g/mol. The average Bonchev–Trinajstić information content (AvgIpc) is 3.26. The standard InChI is InChI=1S/C23H18N2O4/c1-16(21-24-25-22(29-21)17-10-4-2-5-11-17)27-23(26)19-14-8-9-15-20(19)28-18-12-6-3-7-13-18/h2-16H,1H3/t16-/m1/s1. The fourth-order valence-corrected chi connectivity index (χ4v) is 2.71. The molecule has 1 heterocycles. The van der Waals surface area contributed by atoms with Crippen LogP contribution in [0.15, 0.2) is 89.3 Å². The fourth-order valence-electron chi connectivity index (χ4n) is 2.71. The van der Waals surface area contributed by atoms with Crippen LogP contribution in [0.1, 0.15) is 29.3 Å². The third-order valence-corrected chi connectivity index (χ3v) is 4.17. The lowest BCUT2D eigenvalue weighted by Gasteiger charge is -2.13. The van der Waals surface area contributed by atoms with Gasteiger partial charge in [0.1, 0.15) is 17.1 Å². The Bertz CT molecular complexity index is 1090. The normalized spacial score (nSPS) is 11.6. The minimum absolute atomic E-state index is 0.221. The molecule has 3 aromatic carbocycles. The highest BCUT2D eigenvalue weighted by Gasteiger charge is 2.22. The molecule has 0 radical (unpaired) electrons. The minimum atomic E-state index is -0.711. The van der Waals surface area contributed by atoms with E-state index in [-0.39, 0.29) is 5.89 Å². The molecule has 0 amide bonds. The van der Waals surface area contributed by atoms with E-state index >= 15 is 0 Å². The predicted molar refractivity (Wildman–Crippen MR) is 107 cm³/mol. The second kappa shape index (κ2) is 8.39. The van der Waals surface area contributed by atoms with Crippen molar-refractivity contribution in [1.82, 2.24) is 10.2 Å². The summed E-state index contributed by atoms with van der Waals surface area (Å²) in [7, 11) is 0. The van der Waals surface area contributed by atoms with E-state index in [9.17, 15) is 4.79 Å². The molecule has 0 unspecified atom stereocenters. The molecular weight excluding hydrogens is 368 g/mol. The number of rotatable bonds is 6. The van der Waals surface area contributed by atoms with Gasteiger partial charge in [0, 0.05) is 5.56 Å². The van der Waals surface area contributed by atoms with Gasteiger partial charge in [-0.05, 0) is 43.3 Å². The molecule has 6 nitrogen and oxygen atoms in total. The molecule has 0 saturated carbocycles. The number of hydrogen-bond acceptors (Lipinski definition) is 6. The lowest BCUT2D eigenvalue weighted by Crippen LogP contribution is -2.10. The summed E-state index contributed by atoms with van der Waals surface area (Å²) in [5, 5.41) is 8.03. The summed E-state index contributed by atoms with van der Waals surface area (Å²) >= 11 is 0. The van der Waals surface area contributed by atoms with Crippen molar-refractivity contribution in [3.8, 4) is 23.0 Å². The zero-order valence-corrected chi connectivity index (χ0v) is 15.7. The van der Waals surface area contributed by atoms with Crippen LogP contribution in [-0.2, 0) is 4.74 Å². The summed E-state index contributed by atoms with van der Waals surface area (Å²) in [5.74, 6) is 1.09. The number of carbonyl (C=O) groups is 1. The van der Waals surface area contributed by atoms with E-state index < -0.39 is 12.1 Å². The number of aromatic nitrogens is 2. The van der Waals surface area contributed by atoms with E-state index in [1.54, 1.807) is 31.2 Å². The van der Waals surface area contributed by atoms with Crippen LogP contribution in [0.2, 0.25) is 0 Å². The van der Waals surface area contributed by atoms with Crippen LogP contribution in [0.5, 0.6) is 11.5 Å². The smallest absolute Gasteiger partial charge is 0.342 e. The van der Waals surface area contributed by atoms with Gasteiger partial charge in [-0.1, -0.05) is 48.5 Å². The van der Waals surface area contributed by atoms with E-state index in [2.05, 4.69) is 10.2 Å². The largest absolute Gasteiger partial charge is 0.456 e. The first-order chi connectivity index (χ1) is 14.2. The predicted octanol–water partition coefficient (Wildman–Crippen LogP) is 5.45. The summed E-state index contributed by atoms with van der Waals surface area (Å²) in [4.78, 5) is 12.7. The van der Waals surface area contributed by atoms with E-state index in [1.165, 1.54) is 0 Å². The Morgan fingerprint density at radius 3 is 2.28 bits per heavy atom. The summed E-state index contributed by atoms with van der Waals surface area (Å²) in [5.41, 5.74) is 1.11. The Labute approximate surface area is 167 Å². The van der Waals surface area contributed by atoms with E-state index in [1.807, 2.05) is 60.7 Å². The van der Waals surface area contributed by atoms with Crippen molar-refractivity contribution >= 4 is 5.97 Å². The fraction of sp³-hybridized carbons (Fsp3) is 0.0870. The highest BCUT2D eigenvalue weighted by molar-refractivity contribution is 5.92. The summed E-state index contributed by atoms with van der Waals surface area (Å²) in [6.07, 6.45) is -0.711. The van der Waals surface area contributed by atoms with Crippen LogP contribution in [0.4, 0.5) is 0 Å². The Morgan fingerprint density at radius 2 is 1.52 bits per heavy atom.